The fourth-order valence-corrected chi connectivity index (χ4v) is 4.20. The number of sulfonamides is 1. The molecule has 0 unspecified atom stereocenters. The molecule has 1 amide bonds. The van der Waals surface area contributed by atoms with Crippen LogP contribution in [0, 0.1) is 12.8 Å². The second-order valence-corrected chi connectivity index (χ2v) is 8.48. The van der Waals surface area contributed by atoms with Gasteiger partial charge in [-0.05, 0) is 43.4 Å². The summed E-state index contributed by atoms with van der Waals surface area (Å²) in [4.78, 5) is 12.5. The fraction of sp³-hybridized carbons (Fsp3) is 0.588. The lowest BCUT2D eigenvalue weighted by Crippen LogP contribution is -2.36. The molecule has 23 heavy (non-hydrogen) atoms. The van der Waals surface area contributed by atoms with Crippen molar-refractivity contribution in [2.45, 2.75) is 44.9 Å². The lowest BCUT2D eigenvalue weighted by molar-refractivity contribution is 0.0948. The van der Waals surface area contributed by atoms with Gasteiger partial charge in [0, 0.05) is 25.2 Å². The van der Waals surface area contributed by atoms with Gasteiger partial charge in [-0.25, -0.2) is 8.42 Å². The molecule has 1 aromatic carbocycles. The number of rotatable bonds is 5. The van der Waals surface area contributed by atoms with Gasteiger partial charge in [0.05, 0.1) is 4.90 Å². The summed E-state index contributed by atoms with van der Waals surface area (Å²) in [6.45, 7) is 7.55. The third kappa shape index (κ3) is 4.32. The SMILES string of the molecule is Cc1ccc(S(=O)(=O)N2CCCCC2)cc1C(=O)NCC(C)C. The number of aryl methyl sites for hydroxylation is 1. The predicted octanol–water partition coefficient (Wildman–Crippen LogP) is 2.56. The summed E-state index contributed by atoms with van der Waals surface area (Å²) in [7, 11) is -3.51. The van der Waals surface area contributed by atoms with Crippen LogP contribution in [0.5, 0.6) is 0 Å². The van der Waals surface area contributed by atoms with E-state index < -0.39 is 10.0 Å². The number of carbonyl (C=O) groups is 1. The van der Waals surface area contributed by atoms with Crippen molar-refractivity contribution in [2.75, 3.05) is 19.6 Å². The maximum Gasteiger partial charge on any atom is 0.251 e. The molecule has 0 aliphatic carbocycles. The largest absolute Gasteiger partial charge is 0.352 e. The minimum atomic E-state index is -3.51. The molecule has 128 valence electrons. The van der Waals surface area contributed by atoms with Gasteiger partial charge in [0.1, 0.15) is 0 Å². The van der Waals surface area contributed by atoms with E-state index in [1.54, 1.807) is 12.1 Å². The minimum absolute atomic E-state index is 0.208. The second kappa shape index (κ2) is 7.45. The highest BCUT2D eigenvalue weighted by Gasteiger charge is 2.27. The lowest BCUT2D eigenvalue weighted by Gasteiger charge is -2.26. The lowest BCUT2D eigenvalue weighted by atomic mass is 10.1. The van der Waals surface area contributed by atoms with Crippen molar-refractivity contribution < 1.29 is 13.2 Å². The molecule has 0 bridgehead atoms. The van der Waals surface area contributed by atoms with Crippen LogP contribution in [0.1, 0.15) is 49.0 Å². The Morgan fingerprint density at radius 1 is 1.22 bits per heavy atom. The average Bonchev–Trinajstić information content (AvgIpc) is 2.53. The van der Waals surface area contributed by atoms with E-state index in [1.807, 2.05) is 20.8 Å². The van der Waals surface area contributed by atoms with Crippen LogP contribution in [0.3, 0.4) is 0 Å². The standard InChI is InChI=1S/C17H26N2O3S/c1-13(2)12-18-17(20)16-11-15(8-7-14(16)3)23(21,22)19-9-5-4-6-10-19/h7-8,11,13H,4-6,9-10,12H2,1-3H3,(H,18,20). The Hall–Kier alpha value is -1.40. The van der Waals surface area contributed by atoms with E-state index in [2.05, 4.69) is 5.32 Å². The molecular formula is C17H26N2O3S. The van der Waals surface area contributed by atoms with Gasteiger partial charge in [-0.15, -0.1) is 0 Å². The molecule has 0 saturated carbocycles. The van der Waals surface area contributed by atoms with E-state index in [-0.39, 0.29) is 10.8 Å². The Kier molecular flexibility index (Phi) is 5.81. The van der Waals surface area contributed by atoms with E-state index in [9.17, 15) is 13.2 Å². The summed E-state index contributed by atoms with van der Waals surface area (Å²) >= 11 is 0. The number of hydrogen-bond donors (Lipinski definition) is 1. The van der Waals surface area contributed by atoms with E-state index >= 15 is 0 Å². The Morgan fingerprint density at radius 3 is 2.48 bits per heavy atom. The first kappa shape index (κ1) is 17.9. The van der Waals surface area contributed by atoms with Crippen LogP contribution >= 0.6 is 0 Å². The summed E-state index contributed by atoms with van der Waals surface area (Å²) in [5.41, 5.74) is 1.22. The predicted molar refractivity (Wildman–Crippen MR) is 91.0 cm³/mol. The van der Waals surface area contributed by atoms with Crippen molar-refractivity contribution in [2.24, 2.45) is 5.92 Å². The highest BCUT2D eigenvalue weighted by molar-refractivity contribution is 7.89. The third-order valence-corrected chi connectivity index (χ3v) is 5.97. The first-order valence-corrected chi connectivity index (χ1v) is 9.65. The molecule has 1 heterocycles. The summed E-state index contributed by atoms with van der Waals surface area (Å²) < 4.78 is 27.0. The van der Waals surface area contributed by atoms with E-state index in [1.165, 1.54) is 10.4 Å². The zero-order valence-corrected chi connectivity index (χ0v) is 14.9. The normalized spacial score (nSPS) is 16.5. The highest BCUT2D eigenvalue weighted by atomic mass is 32.2. The summed E-state index contributed by atoms with van der Waals surface area (Å²) in [6.07, 6.45) is 2.86. The summed E-state index contributed by atoms with van der Waals surface area (Å²) in [6, 6.07) is 4.81. The Balaban J connectivity index is 2.27. The number of nitrogens with one attached hydrogen (secondary N) is 1. The average molecular weight is 338 g/mol. The number of nitrogens with zero attached hydrogens (tertiary/aromatic N) is 1. The first-order chi connectivity index (χ1) is 10.8. The van der Waals surface area contributed by atoms with Crippen LogP contribution in [0.2, 0.25) is 0 Å². The van der Waals surface area contributed by atoms with E-state index in [0.717, 1.165) is 24.8 Å². The van der Waals surface area contributed by atoms with Crippen LogP contribution in [0.4, 0.5) is 0 Å². The summed E-state index contributed by atoms with van der Waals surface area (Å²) in [5.74, 6) is 0.131. The van der Waals surface area contributed by atoms with Crippen LogP contribution in [-0.2, 0) is 10.0 Å². The number of piperidine rings is 1. The molecule has 0 atom stereocenters. The number of benzene rings is 1. The molecule has 6 heteroatoms. The zero-order chi connectivity index (χ0) is 17.0. The highest BCUT2D eigenvalue weighted by Crippen LogP contribution is 2.22. The fourth-order valence-electron chi connectivity index (χ4n) is 2.65. The Morgan fingerprint density at radius 2 is 1.87 bits per heavy atom. The van der Waals surface area contributed by atoms with Crippen molar-refractivity contribution in [3.05, 3.63) is 29.3 Å². The minimum Gasteiger partial charge on any atom is -0.352 e. The number of carbonyl (C=O) groups excluding carboxylic acids is 1. The molecule has 5 nitrogen and oxygen atoms in total. The monoisotopic (exact) mass is 338 g/mol. The van der Waals surface area contributed by atoms with Gasteiger partial charge < -0.3 is 5.32 Å². The maximum absolute atomic E-state index is 12.7. The van der Waals surface area contributed by atoms with E-state index in [4.69, 9.17) is 0 Å². The zero-order valence-electron chi connectivity index (χ0n) is 14.1. The molecule has 1 aromatic rings. The third-order valence-electron chi connectivity index (χ3n) is 4.08. The van der Waals surface area contributed by atoms with Crippen molar-refractivity contribution in [3.8, 4) is 0 Å². The molecular weight excluding hydrogens is 312 g/mol. The van der Waals surface area contributed by atoms with Gasteiger partial charge in [0.2, 0.25) is 10.0 Å². The first-order valence-electron chi connectivity index (χ1n) is 8.21. The van der Waals surface area contributed by atoms with Crippen molar-refractivity contribution in [1.29, 1.82) is 0 Å². The van der Waals surface area contributed by atoms with Crippen LogP contribution in [0.15, 0.2) is 23.1 Å². The second-order valence-electron chi connectivity index (χ2n) is 6.55. The van der Waals surface area contributed by atoms with Gasteiger partial charge in [0.25, 0.3) is 5.91 Å². The van der Waals surface area contributed by atoms with Crippen LogP contribution in [0.25, 0.3) is 0 Å². The smallest absolute Gasteiger partial charge is 0.251 e. The van der Waals surface area contributed by atoms with Crippen molar-refractivity contribution in [3.63, 3.8) is 0 Å². The van der Waals surface area contributed by atoms with Gasteiger partial charge in [-0.1, -0.05) is 26.3 Å². The number of hydrogen-bond acceptors (Lipinski definition) is 3. The molecule has 1 saturated heterocycles. The maximum atomic E-state index is 12.7. The van der Waals surface area contributed by atoms with Crippen LogP contribution in [-0.4, -0.2) is 38.3 Å². The van der Waals surface area contributed by atoms with Crippen LogP contribution < -0.4 is 5.32 Å². The Bertz CT molecular complexity index is 662. The molecule has 0 aromatic heterocycles. The quantitative estimate of drug-likeness (QED) is 0.897. The van der Waals surface area contributed by atoms with Gasteiger partial charge >= 0.3 is 0 Å². The van der Waals surface area contributed by atoms with E-state index in [0.29, 0.717) is 31.1 Å². The summed E-state index contributed by atoms with van der Waals surface area (Å²) in [5, 5.41) is 2.85. The molecule has 1 aliphatic heterocycles. The number of amides is 1. The molecule has 0 radical (unpaired) electrons. The Labute approximate surface area is 139 Å². The topological polar surface area (TPSA) is 66.5 Å². The van der Waals surface area contributed by atoms with Crippen molar-refractivity contribution >= 4 is 15.9 Å². The molecule has 0 spiro atoms. The van der Waals surface area contributed by atoms with Gasteiger partial charge in [-0.2, -0.15) is 4.31 Å². The van der Waals surface area contributed by atoms with Crippen molar-refractivity contribution in [1.82, 2.24) is 9.62 Å². The van der Waals surface area contributed by atoms with Gasteiger partial charge in [-0.3, -0.25) is 4.79 Å². The molecule has 1 N–H and O–H groups in total. The molecule has 2 rings (SSSR count). The van der Waals surface area contributed by atoms with Gasteiger partial charge in [0.15, 0.2) is 0 Å². The molecule has 1 fully saturated rings. The molecule has 1 aliphatic rings.